The molecule has 1 aromatic heterocycles. The first-order valence-corrected chi connectivity index (χ1v) is 7.40. The van der Waals surface area contributed by atoms with E-state index in [4.69, 9.17) is 0 Å². The van der Waals surface area contributed by atoms with Crippen molar-refractivity contribution in [1.29, 1.82) is 0 Å². The summed E-state index contributed by atoms with van der Waals surface area (Å²) in [6.45, 7) is 6.54. The van der Waals surface area contributed by atoms with Crippen molar-refractivity contribution < 1.29 is 4.79 Å². The van der Waals surface area contributed by atoms with E-state index < -0.39 is 0 Å². The number of carbonyl (C=O) groups excluding carboxylic acids is 1. The van der Waals surface area contributed by atoms with E-state index in [1.165, 1.54) is 5.56 Å². The molecule has 0 saturated heterocycles. The number of nitrogens with zero attached hydrogens (tertiary/aromatic N) is 1. The molecule has 0 fully saturated rings. The molecule has 0 amide bonds. The van der Waals surface area contributed by atoms with Gasteiger partial charge in [0.25, 0.3) is 0 Å². The maximum atomic E-state index is 12.1. The molecule has 0 aliphatic heterocycles. The lowest BCUT2D eigenvalue weighted by atomic mass is 9.86. The lowest BCUT2D eigenvalue weighted by Crippen LogP contribution is -2.11. The van der Waals surface area contributed by atoms with Crippen LogP contribution in [0.4, 0.5) is 0 Å². The standard InChI is InChI=1S/C17H18BrNO/c1-17(2,3)13-6-4-12(5-7-13)10-16(20)15-9-8-14(18)11-19-15/h4-9,11H,10H2,1-3H3. The second-order valence-electron chi connectivity index (χ2n) is 5.91. The van der Waals surface area contributed by atoms with Gasteiger partial charge in [-0.3, -0.25) is 9.78 Å². The van der Waals surface area contributed by atoms with Gasteiger partial charge >= 0.3 is 0 Å². The van der Waals surface area contributed by atoms with Gasteiger partial charge in [0.05, 0.1) is 0 Å². The fraction of sp³-hybridized carbons (Fsp3) is 0.294. The van der Waals surface area contributed by atoms with Crippen LogP contribution < -0.4 is 0 Å². The zero-order chi connectivity index (χ0) is 14.8. The van der Waals surface area contributed by atoms with E-state index in [-0.39, 0.29) is 11.2 Å². The van der Waals surface area contributed by atoms with Crippen molar-refractivity contribution in [2.24, 2.45) is 0 Å². The molecule has 2 rings (SSSR count). The Hall–Kier alpha value is -1.48. The van der Waals surface area contributed by atoms with E-state index in [0.717, 1.165) is 10.0 Å². The van der Waals surface area contributed by atoms with Gasteiger partial charge in [-0.2, -0.15) is 0 Å². The Bertz CT molecular complexity index is 594. The van der Waals surface area contributed by atoms with Crippen molar-refractivity contribution in [3.63, 3.8) is 0 Å². The molecular formula is C17H18BrNO. The van der Waals surface area contributed by atoms with Gasteiger partial charge in [-0.05, 0) is 44.6 Å². The number of hydrogen-bond donors (Lipinski definition) is 0. The maximum absolute atomic E-state index is 12.1. The molecule has 3 heteroatoms. The average Bonchev–Trinajstić information content (AvgIpc) is 2.39. The van der Waals surface area contributed by atoms with Crippen LogP contribution in [0.3, 0.4) is 0 Å². The van der Waals surface area contributed by atoms with Gasteiger partial charge in [0.1, 0.15) is 5.69 Å². The Labute approximate surface area is 128 Å². The monoisotopic (exact) mass is 331 g/mol. The number of carbonyl (C=O) groups is 1. The Morgan fingerprint density at radius 3 is 2.25 bits per heavy atom. The molecule has 0 N–H and O–H groups in total. The predicted molar refractivity (Wildman–Crippen MR) is 85.1 cm³/mol. The van der Waals surface area contributed by atoms with E-state index in [1.54, 1.807) is 12.3 Å². The van der Waals surface area contributed by atoms with Crippen LogP contribution in [0.2, 0.25) is 0 Å². The summed E-state index contributed by atoms with van der Waals surface area (Å²) < 4.78 is 0.878. The molecule has 1 heterocycles. The first kappa shape index (κ1) is 14.9. The van der Waals surface area contributed by atoms with Crippen LogP contribution in [0.1, 0.15) is 42.4 Å². The molecule has 0 spiro atoms. The lowest BCUT2D eigenvalue weighted by molar-refractivity contribution is 0.0988. The summed E-state index contributed by atoms with van der Waals surface area (Å²) in [6.07, 6.45) is 2.04. The summed E-state index contributed by atoms with van der Waals surface area (Å²) in [7, 11) is 0. The van der Waals surface area contributed by atoms with Crippen molar-refractivity contribution >= 4 is 21.7 Å². The number of ketones is 1. The molecule has 104 valence electrons. The maximum Gasteiger partial charge on any atom is 0.185 e. The topological polar surface area (TPSA) is 30.0 Å². The van der Waals surface area contributed by atoms with Crippen LogP contribution in [0.25, 0.3) is 0 Å². The SMILES string of the molecule is CC(C)(C)c1ccc(CC(=O)c2ccc(Br)cn2)cc1. The van der Waals surface area contributed by atoms with Crippen molar-refractivity contribution in [1.82, 2.24) is 4.98 Å². The van der Waals surface area contributed by atoms with Crippen LogP contribution in [0, 0.1) is 0 Å². The number of Topliss-reactive ketones (excluding diaryl/α,β-unsaturated/α-hetero) is 1. The van der Waals surface area contributed by atoms with Crippen LogP contribution >= 0.6 is 15.9 Å². The summed E-state index contributed by atoms with van der Waals surface area (Å²) in [4.78, 5) is 16.3. The van der Waals surface area contributed by atoms with Gasteiger partial charge in [0.15, 0.2) is 5.78 Å². The molecule has 0 radical (unpaired) electrons. The van der Waals surface area contributed by atoms with Gasteiger partial charge in [-0.1, -0.05) is 45.0 Å². The summed E-state index contributed by atoms with van der Waals surface area (Å²) in [5, 5.41) is 0. The van der Waals surface area contributed by atoms with Crippen LogP contribution in [-0.4, -0.2) is 10.8 Å². The zero-order valence-electron chi connectivity index (χ0n) is 12.0. The number of benzene rings is 1. The molecule has 0 unspecified atom stereocenters. The zero-order valence-corrected chi connectivity index (χ0v) is 13.6. The van der Waals surface area contributed by atoms with Crippen molar-refractivity contribution in [2.75, 3.05) is 0 Å². The number of hydrogen-bond acceptors (Lipinski definition) is 2. The van der Waals surface area contributed by atoms with Crippen molar-refractivity contribution in [2.45, 2.75) is 32.6 Å². The molecule has 0 aliphatic rings. The van der Waals surface area contributed by atoms with Crippen LogP contribution in [0.15, 0.2) is 47.1 Å². The van der Waals surface area contributed by atoms with Gasteiger partial charge in [-0.15, -0.1) is 0 Å². The normalized spacial score (nSPS) is 11.4. The highest BCUT2D eigenvalue weighted by Gasteiger charge is 2.14. The smallest absolute Gasteiger partial charge is 0.185 e. The van der Waals surface area contributed by atoms with Crippen LogP contribution in [0.5, 0.6) is 0 Å². The predicted octanol–water partition coefficient (Wildman–Crippen LogP) is 4.57. The highest BCUT2D eigenvalue weighted by molar-refractivity contribution is 9.10. The summed E-state index contributed by atoms with van der Waals surface area (Å²) in [5.41, 5.74) is 2.94. The number of pyridine rings is 1. The summed E-state index contributed by atoms with van der Waals surface area (Å²) >= 11 is 3.31. The van der Waals surface area contributed by atoms with Gasteiger partial charge < -0.3 is 0 Å². The van der Waals surface area contributed by atoms with Gasteiger partial charge in [0, 0.05) is 17.1 Å². The van der Waals surface area contributed by atoms with E-state index in [9.17, 15) is 4.79 Å². The van der Waals surface area contributed by atoms with E-state index in [1.807, 2.05) is 18.2 Å². The fourth-order valence-electron chi connectivity index (χ4n) is 1.94. The molecule has 0 saturated carbocycles. The molecule has 0 bridgehead atoms. The average molecular weight is 332 g/mol. The number of rotatable bonds is 3. The number of aromatic nitrogens is 1. The van der Waals surface area contributed by atoms with Gasteiger partial charge in [0.2, 0.25) is 0 Å². The molecule has 0 aliphatic carbocycles. The lowest BCUT2D eigenvalue weighted by Gasteiger charge is -2.19. The van der Waals surface area contributed by atoms with E-state index in [0.29, 0.717) is 12.1 Å². The molecule has 0 atom stereocenters. The third-order valence-electron chi connectivity index (χ3n) is 3.20. The Balaban J connectivity index is 2.10. The first-order chi connectivity index (χ1) is 9.36. The number of halogens is 1. The van der Waals surface area contributed by atoms with Crippen LogP contribution in [-0.2, 0) is 11.8 Å². The summed E-state index contributed by atoms with van der Waals surface area (Å²) in [5.74, 6) is 0.0426. The highest BCUT2D eigenvalue weighted by Crippen LogP contribution is 2.22. The Morgan fingerprint density at radius 2 is 1.75 bits per heavy atom. The first-order valence-electron chi connectivity index (χ1n) is 6.60. The minimum Gasteiger partial charge on any atom is -0.292 e. The molecular weight excluding hydrogens is 314 g/mol. The Morgan fingerprint density at radius 1 is 1.10 bits per heavy atom. The van der Waals surface area contributed by atoms with E-state index in [2.05, 4.69) is 53.8 Å². The van der Waals surface area contributed by atoms with Crippen molar-refractivity contribution in [3.05, 3.63) is 63.9 Å². The second-order valence-corrected chi connectivity index (χ2v) is 6.82. The molecule has 2 nitrogen and oxygen atoms in total. The highest BCUT2D eigenvalue weighted by atomic mass is 79.9. The van der Waals surface area contributed by atoms with Gasteiger partial charge in [-0.25, -0.2) is 0 Å². The molecule has 1 aromatic carbocycles. The molecule has 20 heavy (non-hydrogen) atoms. The summed E-state index contributed by atoms with van der Waals surface area (Å²) in [6, 6.07) is 11.8. The Kier molecular flexibility index (Phi) is 4.39. The second kappa shape index (κ2) is 5.88. The minimum atomic E-state index is 0.0426. The molecule has 2 aromatic rings. The van der Waals surface area contributed by atoms with Crippen molar-refractivity contribution in [3.8, 4) is 0 Å². The third kappa shape index (κ3) is 3.76. The van der Waals surface area contributed by atoms with E-state index >= 15 is 0 Å². The fourth-order valence-corrected chi connectivity index (χ4v) is 2.17. The largest absolute Gasteiger partial charge is 0.292 e. The quantitative estimate of drug-likeness (QED) is 0.771. The third-order valence-corrected chi connectivity index (χ3v) is 3.67. The minimum absolute atomic E-state index is 0.0426.